The molecule has 0 aliphatic carbocycles. The molecule has 2 aromatic carbocycles. The van der Waals surface area contributed by atoms with Crippen LogP contribution in [0.15, 0.2) is 57.7 Å². The van der Waals surface area contributed by atoms with Gasteiger partial charge < -0.3 is 9.15 Å². The van der Waals surface area contributed by atoms with Gasteiger partial charge in [0.15, 0.2) is 5.75 Å². The van der Waals surface area contributed by atoms with Crippen molar-refractivity contribution < 1.29 is 27.1 Å². The van der Waals surface area contributed by atoms with E-state index in [9.17, 15) is 22.8 Å². The molecule has 0 saturated carbocycles. The first-order valence-electron chi connectivity index (χ1n) is 7.78. The van der Waals surface area contributed by atoms with Gasteiger partial charge in [-0.2, -0.15) is 13.2 Å². The van der Waals surface area contributed by atoms with Gasteiger partial charge in [-0.3, -0.25) is 4.79 Å². The molecule has 0 saturated heterocycles. The molecule has 0 amide bonds. The highest BCUT2D eigenvalue weighted by atomic mass is 19.4. The number of hydrogen-bond donors (Lipinski definition) is 0. The first-order valence-corrected chi connectivity index (χ1v) is 7.78. The summed E-state index contributed by atoms with van der Waals surface area (Å²) < 4.78 is 48.9. The van der Waals surface area contributed by atoms with E-state index < -0.39 is 29.3 Å². The van der Waals surface area contributed by atoms with E-state index in [0.29, 0.717) is 10.9 Å². The molecule has 0 N–H and O–H groups in total. The lowest BCUT2D eigenvalue weighted by Crippen LogP contribution is -2.26. The van der Waals surface area contributed by atoms with Crippen LogP contribution in [-0.2, 0) is 11.0 Å². The minimum absolute atomic E-state index is 0.109. The molecular weight excluding hydrogens is 349 g/mol. The number of carbonyl (C=O) groups is 1. The van der Waals surface area contributed by atoms with Gasteiger partial charge in [0, 0.05) is 5.92 Å². The highest BCUT2D eigenvalue weighted by molar-refractivity contribution is 5.90. The summed E-state index contributed by atoms with van der Waals surface area (Å²) in [5, 5.41) is 0.465. The molecule has 1 aliphatic rings. The zero-order valence-corrected chi connectivity index (χ0v) is 13.2. The summed E-state index contributed by atoms with van der Waals surface area (Å²) in [5.41, 5.74) is -0.639. The third-order valence-electron chi connectivity index (χ3n) is 4.37. The molecule has 2 heterocycles. The van der Waals surface area contributed by atoms with Crippen LogP contribution in [0.2, 0.25) is 0 Å². The molecule has 1 aliphatic heterocycles. The number of halogens is 3. The van der Waals surface area contributed by atoms with Crippen molar-refractivity contribution in [2.45, 2.75) is 18.5 Å². The van der Waals surface area contributed by atoms with Crippen LogP contribution in [0.25, 0.3) is 11.0 Å². The number of benzene rings is 2. The molecule has 1 aromatic heterocycles. The zero-order valence-electron chi connectivity index (χ0n) is 13.2. The molecule has 0 spiro atoms. The van der Waals surface area contributed by atoms with E-state index in [1.165, 1.54) is 12.1 Å². The molecular formula is C19H11F3O4. The van der Waals surface area contributed by atoms with E-state index in [1.54, 1.807) is 24.3 Å². The molecule has 4 nitrogen and oxygen atoms in total. The Labute approximate surface area is 144 Å². The maximum absolute atomic E-state index is 12.8. The number of fused-ring (bicyclic) bond motifs is 3. The van der Waals surface area contributed by atoms with E-state index in [0.717, 1.165) is 12.1 Å². The fraction of sp³-hybridized carbons (Fsp3) is 0.158. The van der Waals surface area contributed by atoms with Gasteiger partial charge in [0.05, 0.1) is 22.9 Å². The van der Waals surface area contributed by atoms with Crippen LogP contribution in [0.3, 0.4) is 0 Å². The van der Waals surface area contributed by atoms with Crippen molar-refractivity contribution >= 4 is 16.9 Å². The molecule has 0 unspecified atom stereocenters. The Morgan fingerprint density at radius 3 is 2.35 bits per heavy atom. The average Bonchev–Trinajstić information content (AvgIpc) is 2.60. The topological polar surface area (TPSA) is 56.5 Å². The number of carbonyl (C=O) groups excluding carboxylic acids is 1. The molecule has 1 atom stereocenters. The fourth-order valence-corrected chi connectivity index (χ4v) is 3.16. The minimum atomic E-state index is -4.46. The minimum Gasteiger partial charge on any atom is -0.425 e. The summed E-state index contributed by atoms with van der Waals surface area (Å²) in [6.45, 7) is 0. The molecule has 0 fully saturated rings. The van der Waals surface area contributed by atoms with Gasteiger partial charge in [-0.05, 0) is 29.8 Å². The van der Waals surface area contributed by atoms with Gasteiger partial charge in [-0.15, -0.1) is 0 Å². The van der Waals surface area contributed by atoms with E-state index in [2.05, 4.69) is 0 Å². The largest absolute Gasteiger partial charge is 0.425 e. The number of rotatable bonds is 1. The van der Waals surface area contributed by atoms with Crippen LogP contribution in [-0.4, -0.2) is 5.97 Å². The third-order valence-corrected chi connectivity index (χ3v) is 4.37. The van der Waals surface area contributed by atoms with Crippen LogP contribution in [0.4, 0.5) is 13.2 Å². The Morgan fingerprint density at radius 1 is 0.962 bits per heavy atom. The van der Waals surface area contributed by atoms with Crippen LogP contribution in [0, 0.1) is 0 Å². The molecule has 132 valence electrons. The highest BCUT2D eigenvalue weighted by Crippen LogP contribution is 2.41. The average molecular weight is 360 g/mol. The predicted molar refractivity (Wildman–Crippen MR) is 86.0 cm³/mol. The number of alkyl halides is 3. The lowest BCUT2D eigenvalue weighted by molar-refractivity contribution is -0.138. The molecule has 0 radical (unpaired) electrons. The lowest BCUT2D eigenvalue weighted by atomic mass is 9.86. The van der Waals surface area contributed by atoms with Crippen molar-refractivity contribution in [3.8, 4) is 5.75 Å². The highest BCUT2D eigenvalue weighted by Gasteiger charge is 2.35. The lowest BCUT2D eigenvalue weighted by Gasteiger charge is -2.24. The molecule has 26 heavy (non-hydrogen) atoms. The first-order chi connectivity index (χ1) is 12.3. The van der Waals surface area contributed by atoms with Gasteiger partial charge in [0.2, 0.25) is 0 Å². The van der Waals surface area contributed by atoms with Gasteiger partial charge in [0.25, 0.3) is 0 Å². The van der Waals surface area contributed by atoms with Crippen molar-refractivity contribution in [1.29, 1.82) is 0 Å². The Morgan fingerprint density at radius 2 is 1.65 bits per heavy atom. The smallest absolute Gasteiger partial charge is 0.416 e. The van der Waals surface area contributed by atoms with Crippen molar-refractivity contribution in [1.82, 2.24) is 0 Å². The zero-order chi connectivity index (χ0) is 18.5. The number of esters is 1. The quantitative estimate of drug-likeness (QED) is 0.481. The van der Waals surface area contributed by atoms with Gasteiger partial charge in [-0.1, -0.05) is 24.3 Å². The van der Waals surface area contributed by atoms with E-state index >= 15 is 0 Å². The van der Waals surface area contributed by atoms with Gasteiger partial charge in [-0.25, -0.2) is 4.79 Å². The Hall–Kier alpha value is -3.09. The van der Waals surface area contributed by atoms with Crippen molar-refractivity contribution in [2.24, 2.45) is 0 Å². The van der Waals surface area contributed by atoms with Crippen LogP contribution in [0.1, 0.15) is 29.0 Å². The van der Waals surface area contributed by atoms with E-state index in [-0.39, 0.29) is 23.3 Å². The van der Waals surface area contributed by atoms with Gasteiger partial charge in [0.1, 0.15) is 5.58 Å². The summed E-state index contributed by atoms with van der Waals surface area (Å²) in [6, 6.07) is 11.0. The predicted octanol–water partition coefficient (Wildman–Crippen LogP) is 4.25. The molecule has 3 aromatic rings. The number of para-hydroxylation sites is 1. The van der Waals surface area contributed by atoms with Crippen LogP contribution < -0.4 is 10.4 Å². The van der Waals surface area contributed by atoms with E-state index in [1.807, 2.05) is 0 Å². The third kappa shape index (κ3) is 2.65. The number of ether oxygens (including phenoxy) is 1. The van der Waals surface area contributed by atoms with Crippen molar-refractivity contribution in [3.63, 3.8) is 0 Å². The summed E-state index contributed by atoms with van der Waals surface area (Å²) in [7, 11) is 0. The van der Waals surface area contributed by atoms with Gasteiger partial charge >= 0.3 is 17.8 Å². The normalized spacial score (nSPS) is 17.0. The summed E-state index contributed by atoms with van der Waals surface area (Å²) in [4.78, 5) is 24.5. The SMILES string of the molecule is O=C1C[C@H](c2ccc(C(F)(F)F)cc2)c2c(c3ccccc3oc2=O)O1. The van der Waals surface area contributed by atoms with Crippen molar-refractivity contribution in [3.05, 3.63) is 75.6 Å². The second-order valence-electron chi connectivity index (χ2n) is 5.98. The van der Waals surface area contributed by atoms with E-state index in [4.69, 9.17) is 9.15 Å². The molecule has 0 bridgehead atoms. The maximum atomic E-state index is 12.8. The second-order valence-corrected chi connectivity index (χ2v) is 5.98. The van der Waals surface area contributed by atoms with Crippen LogP contribution >= 0.6 is 0 Å². The van der Waals surface area contributed by atoms with Crippen LogP contribution in [0.5, 0.6) is 5.75 Å². The monoisotopic (exact) mass is 360 g/mol. The molecule has 7 heteroatoms. The van der Waals surface area contributed by atoms with Crippen molar-refractivity contribution in [2.75, 3.05) is 0 Å². The maximum Gasteiger partial charge on any atom is 0.416 e. The summed E-state index contributed by atoms with van der Waals surface area (Å²) in [6.07, 6.45) is -4.61. The first kappa shape index (κ1) is 16.4. The summed E-state index contributed by atoms with van der Waals surface area (Å²) >= 11 is 0. The fourth-order valence-electron chi connectivity index (χ4n) is 3.16. The molecule has 4 rings (SSSR count). The number of hydrogen-bond acceptors (Lipinski definition) is 4. The Bertz CT molecular complexity index is 1060. The Kier molecular flexibility index (Phi) is 3.61. The summed E-state index contributed by atoms with van der Waals surface area (Å²) in [5.74, 6) is -1.18. The Balaban J connectivity index is 1.89. The second kappa shape index (κ2) is 5.72. The standard InChI is InChI=1S/C19H11F3O4/c20-19(21,22)11-7-5-10(6-8-11)13-9-15(23)26-17-12-3-1-2-4-14(12)25-18(24)16(13)17/h1-8,13H,9H2/t13-/m1/s1.